The summed E-state index contributed by atoms with van der Waals surface area (Å²) < 4.78 is 5.31. The summed E-state index contributed by atoms with van der Waals surface area (Å²) in [5.74, 6) is 1.80. The van der Waals surface area contributed by atoms with Crippen molar-refractivity contribution < 1.29 is 4.74 Å². The van der Waals surface area contributed by atoms with Gasteiger partial charge in [0.15, 0.2) is 0 Å². The zero-order valence-electron chi connectivity index (χ0n) is 11.0. The highest BCUT2D eigenvalue weighted by Crippen LogP contribution is 2.34. The number of piperidine rings is 1. The maximum Gasteiger partial charge on any atom is 0.0641 e. The van der Waals surface area contributed by atoms with Crippen molar-refractivity contribution in [3.8, 4) is 0 Å². The Balaban J connectivity index is 1.84. The van der Waals surface area contributed by atoms with Gasteiger partial charge in [-0.15, -0.1) is 0 Å². The molecule has 0 aliphatic carbocycles. The summed E-state index contributed by atoms with van der Waals surface area (Å²) in [6.45, 7) is 6.89. The molecule has 2 aliphatic heterocycles. The summed E-state index contributed by atoms with van der Waals surface area (Å²) in [6, 6.07) is 0. The second kappa shape index (κ2) is 5.03. The minimum absolute atomic E-state index is 0.225. The minimum atomic E-state index is 0.225. The van der Waals surface area contributed by atoms with Crippen LogP contribution in [0.2, 0.25) is 0 Å². The maximum absolute atomic E-state index is 5.31. The quantitative estimate of drug-likeness (QED) is 0.786. The third kappa shape index (κ3) is 2.76. The Kier molecular flexibility index (Phi) is 3.88. The van der Waals surface area contributed by atoms with Crippen molar-refractivity contribution in [2.45, 2.75) is 31.7 Å². The molecule has 2 heterocycles. The molecule has 0 amide bonds. The van der Waals surface area contributed by atoms with Crippen LogP contribution in [-0.2, 0) is 4.74 Å². The second-order valence-corrected chi connectivity index (χ2v) is 5.98. The van der Waals surface area contributed by atoms with Gasteiger partial charge in [-0.25, -0.2) is 0 Å². The molecule has 2 unspecified atom stereocenters. The molecular weight excluding hydrogens is 200 g/mol. The standard InChI is InChI=1S/C13H26N2O/c1-13(10-16-3)8-12(9-14-13)11-4-6-15(2)7-5-11/h11-12,14H,4-10H2,1-3H3. The van der Waals surface area contributed by atoms with Crippen LogP contribution in [0.1, 0.15) is 26.2 Å². The number of hydrogen-bond donors (Lipinski definition) is 1. The molecule has 2 atom stereocenters. The molecule has 2 rings (SSSR count). The summed E-state index contributed by atoms with van der Waals surface area (Å²) in [4.78, 5) is 2.45. The first kappa shape index (κ1) is 12.3. The van der Waals surface area contributed by atoms with Crippen molar-refractivity contribution in [3.05, 3.63) is 0 Å². The van der Waals surface area contributed by atoms with Gasteiger partial charge in [0.05, 0.1) is 6.61 Å². The maximum atomic E-state index is 5.31. The van der Waals surface area contributed by atoms with Crippen LogP contribution in [-0.4, -0.2) is 50.8 Å². The molecule has 0 spiro atoms. The van der Waals surface area contributed by atoms with Crippen LogP contribution in [0.3, 0.4) is 0 Å². The fourth-order valence-electron chi connectivity index (χ4n) is 3.36. The molecule has 0 radical (unpaired) electrons. The van der Waals surface area contributed by atoms with Gasteiger partial charge in [-0.05, 0) is 64.7 Å². The van der Waals surface area contributed by atoms with Gasteiger partial charge in [-0.2, -0.15) is 0 Å². The van der Waals surface area contributed by atoms with Crippen molar-refractivity contribution in [1.82, 2.24) is 10.2 Å². The van der Waals surface area contributed by atoms with Gasteiger partial charge in [0.2, 0.25) is 0 Å². The monoisotopic (exact) mass is 226 g/mol. The summed E-state index contributed by atoms with van der Waals surface area (Å²) in [6.07, 6.45) is 4.05. The Bertz CT molecular complexity index is 226. The van der Waals surface area contributed by atoms with Crippen molar-refractivity contribution in [2.75, 3.05) is 40.4 Å². The molecule has 0 aromatic carbocycles. The third-order valence-corrected chi connectivity index (χ3v) is 4.40. The minimum Gasteiger partial charge on any atom is -0.383 e. The normalized spacial score (nSPS) is 38.1. The summed E-state index contributed by atoms with van der Waals surface area (Å²) in [5, 5.41) is 3.65. The second-order valence-electron chi connectivity index (χ2n) is 5.98. The van der Waals surface area contributed by atoms with E-state index in [1.165, 1.54) is 38.9 Å². The number of nitrogens with zero attached hydrogens (tertiary/aromatic N) is 1. The molecule has 3 nitrogen and oxygen atoms in total. The number of methoxy groups -OCH3 is 1. The van der Waals surface area contributed by atoms with E-state index in [-0.39, 0.29) is 5.54 Å². The Hall–Kier alpha value is -0.120. The summed E-state index contributed by atoms with van der Waals surface area (Å²) in [7, 11) is 4.04. The van der Waals surface area contributed by atoms with Crippen LogP contribution < -0.4 is 5.32 Å². The van der Waals surface area contributed by atoms with Gasteiger partial charge in [0.1, 0.15) is 0 Å². The fourth-order valence-corrected chi connectivity index (χ4v) is 3.36. The zero-order valence-corrected chi connectivity index (χ0v) is 11.0. The largest absolute Gasteiger partial charge is 0.383 e. The SMILES string of the molecule is COCC1(C)CC(C2CCN(C)CC2)CN1. The highest BCUT2D eigenvalue weighted by Gasteiger charge is 2.38. The van der Waals surface area contributed by atoms with Crippen LogP contribution >= 0.6 is 0 Å². The molecular formula is C13H26N2O. The van der Waals surface area contributed by atoms with Crippen molar-refractivity contribution >= 4 is 0 Å². The molecule has 2 fully saturated rings. The number of ether oxygens (including phenoxy) is 1. The predicted octanol–water partition coefficient (Wildman–Crippen LogP) is 1.34. The topological polar surface area (TPSA) is 24.5 Å². The van der Waals surface area contributed by atoms with Crippen LogP contribution in [0.5, 0.6) is 0 Å². The van der Waals surface area contributed by atoms with E-state index >= 15 is 0 Å². The highest BCUT2D eigenvalue weighted by molar-refractivity contribution is 4.96. The third-order valence-electron chi connectivity index (χ3n) is 4.40. The molecule has 0 bridgehead atoms. The molecule has 16 heavy (non-hydrogen) atoms. The lowest BCUT2D eigenvalue weighted by atomic mass is 9.81. The van der Waals surface area contributed by atoms with E-state index in [0.717, 1.165) is 18.4 Å². The zero-order chi connectivity index (χ0) is 11.6. The van der Waals surface area contributed by atoms with Crippen LogP contribution in [0, 0.1) is 11.8 Å². The van der Waals surface area contributed by atoms with Gasteiger partial charge >= 0.3 is 0 Å². The van der Waals surface area contributed by atoms with Crippen molar-refractivity contribution in [2.24, 2.45) is 11.8 Å². The smallest absolute Gasteiger partial charge is 0.0641 e. The van der Waals surface area contributed by atoms with Gasteiger partial charge in [0.25, 0.3) is 0 Å². The van der Waals surface area contributed by atoms with Crippen LogP contribution in [0.4, 0.5) is 0 Å². The fraction of sp³-hybridized carbons (Fsp3) is 1.00. The molecule has 2 saturated heterocycles. The Labute approximate surface area is 99.5 Å². The van der Waals surface area contributed by atoms with E-state index in [4.69, 9.17) is 4.74 Å². The number of likely N-dealkylation sites (tertiary alicyclic amines) is 1. The van der Waals surface area contributed by atoms with Gasteiger partial charge < -0.3 is 15.0 Å². The summed E-state index contributed by atoms with van der Waals surface area (Å²) in [5.41, 5.74) is 0.225. The van der Waals surface area contributed by atoms with Gasteiger partial charge in [0, 0.05) is 12.6 Å². The Morgan fingerprint density at radius 3 is 2.62 bits per heavy atom. The molecule has 94 valence electrons. The lowest BCUT2D eigenvalue weighted by Gasteiger charge is -2.33. The first-order chi connectivity index (χ1) is 7.63. The molecule has 1 N–H and O–H groups in total. The molecule has 0 aromatic heterocycles. The average molecular weight is 226 g/mol. The molecule has 3 heteroatoms. The Morgan fingerprint density at radius 2 is 2.00 bits per heavy atom. The lowest BCUT2D eigenvalue weighted by molar-refractivity contribution is 0.121. The Morgan fingerprint density at radius 1 is 1.31 bits per heavy atom. The highest BCUT2D eigenvalue weighted by atomic mass is 16.5. The van der Waals surface area contributed by atoms with E-state index in [0.29, 0.717) is 0 Å². The van der Waals surface area contributed by atoms with E-state index in [1.807, 2.05) is 0 Å². The number of nitrogens with one attached hydrogen (secondary N) is 1. The van der Waals surface area contributed by atoms with Crippen LogP contribution in [0.25, 0.3) is 0 Å². The number of hydrogen-bond acceptors (Lipinski definition) is 3. The van der Waals surface area contributed by atoms with Gasteiger partial charge in [-0.3, -0.25) is 0 Å². The molecule has 0 aromatic rings. The first-order valence-corrected chi connectivity index (χ1v) is 6.55. The van der Waals surface area contributed by atoms with Crippen molar-refractivity contribution in [3.63, 3.8) is 0 Å². The molecule has 2 aliphatic rings. The van der Waals surface area contributed by atoms with E-state index in [9.17, 15) is 0 Å². The van der Waals surface area contributed by atoms with E-state index in [2.05, 4.69) is 24.2 Å². The van der Waals surface area contributed by atoms with Gasteiger partial charge in [-0.1, -0.05) is 0 Å². The number of rotatable bonds is 3. The van der Waals surface area contributed by atoms with Crippen molar-refractivity contribution in [1.29, 1.82) is 0 Å². The predicted molar refractivity (Wildman–Crippen MR) is 66.6 cm³/mol. The van der Waals surface area contributed by atoms with E-state index < -0.39 is 0 Å². The van der Waals surface area contributed by atoms with Crippen LogP contribution in [0.15, 0.2) is 0 Å². The average Bonchev–Trinajstić information content (AvgIpc) is 2.62. The van der Waals surface area contributed by atoms with E-state index in [1.54, 1.807) is 7.11 Å². The lowest BCUT2D eigenvalue weighted by Crippen LogP contribution is -2.40. The first-order valence-electron chi connectivity index (χ1n) is 6.55. The molecule has 0 saturated carbocycles. The summed E-state index contributed by atoms with van der Waals surface area (Å²) >= 11 is 0.